The fraction of sp³-hybridized carbons (Fsp3) is 0.533. The van der Waals surface area contributed by atoms with E-state index in [4.69, 9.17) is 9.47 Å². The van der Waals surface area contributed by atoms with Gasteiger partial charge in [0.2, 0.25) is 0 Å². The van der Waals surface area contributed by atoms with Crippen molar-refractivity contribution in [2.45, 2.75) is 40.2 Å². The van der Waals surface area contributed by atoms with E-state index in [-0.39, 0.29) is 5.97 Å². The molecular weight excluding hydrogens is 228 g/mol. The van der Waals surface area contributed by atoms with Crippen molar-refractivity contribution in [3.63, 3.8) is 0 Å². The molecule has 0 fully saturated rings. The van der Waals surface area contributed by atoms with Crippen molar-refractivity contribution in [3.05, 3.63) is 29.3 Å². The van der Waals surface area contributed by atoms with Gasteiger partial charge in [-0.1, -0.05) is 26.0 Å². The highest BCUT2D eigenvalue weighted by molar-refractivity contribution is 5.75. The molecule has 0 saturated heterocycles. The Morgan fingerprint density at radius 3 is 2.50 bits per heavy atom. The molecule has 0 amide bonds. The van der Waals surface area contributed by atoms with Gasteiger partial charge in [0, 0.05) is 0 Å². The van der Waals surface area contributed by atoms with Crippen LogP contribution in [0.5, 0.6) is 5.75 Å². The topological polar surface area (TPSA) is 35.5 Å². The van der Waals surface area contributed by atoms with E-state index in [1.54, 1.807) is 0 Å². The Hall–Kier alpha value is -1.51. The number of benzene rings is 1. The first-order valence-corrected chi connectivity index (χ1v) is 6.25. The average molecular weight is 250 g/mol. The molecule has 0 aliphatic heterocycles. The van der Waals surface area contributed by atoms with E-state index < -0.39 is 6.10 Å². The van der Waals surface area contributed by atoms with Crippen LogP contribution in [0.1, 0.15) is 31.4 Å². The number of aryl methyl sites for hydroxylation is 2. The molecule has 0 aliphatic carbocycles. The van der Waals surface area contributed by atoms with Crippen molar-refractivity contribution in [1.82, 2.24) is 0 Å². The summed E-state index contributed by atoms with van der Waals surface area (Å²) in [5, 5.41) is 0. The van der Waals surface area contributed by atoms with Crippen molar-refractivity contribution in [3.8, 4) is 5.75 Å². The summed E-state index contributed by atoms with van der Waals surface area (Å²) in [5.74, 6) is 0.815. The molecule has 0 spiro atoms. The van der Waals surface area contributed by atoms with Crippen LogP contribution in [-0.4, -0.2) is 19.2 Å². The summed E-state index contributed by atoms with van der Waals surface area (Å²) in [6.07, 6.45) is 0.121. The Kier molecular flexibility index (Phi) is 5.20. The molecule has 0 saturated carbocycles. The van der Waals surface area contributed by atoms with E-state index in [0.717, 1.165) is 16.9 Å². The monoisotopic (exact) mass is 250 g/mol. The molecule has 0 heterocycles. The molecule has 0 aliphatic rings. The Morgan fingerprint density at radius 1 is 1.28 bits per heavy atom. The zero-order chi connectivity index (χ0) is 13.7. The molecular formula is C15H22O3. The lowest BCUT2D eigenvalue weighted by Crippen LogP contribution is -2.30. The Balaban J connectivity index is 2.88. The molecule has 1 atom stereocenters. The molecule has 100 valence electrons. The quantitative estimate of drug-likeness (QED) is 0.752. The van der Waals surface area contributed by atoms with E-state index in [2.05, 4.69) is 13.8 Å². The number of ether oxygens (including phenoxy) is 2. The highest BCUT2D eigenvalue weighted by atomic mass is 16.6. The van der Waals surface area contributed by atoms with Crippen LogP contribution in [0.3, 0.4) is 0 Å². The first-order chi connectivity index (χ1) is 8.43. The van der Waals surface area contributed by atoms with Gasteiger partial charge in [0.1, 0.15) is 5.75 Å². The van der Waals surface area contributed by atoms with Crippen LogP contribution in [0.4, 0.5) is 0 Å². The second-order valence-electron chi connectivity index (χ2n) is 5.03. The van der Waals surface area contributed by atoms with Gasteiger partial charge < -0.3 is 9.47 Å². The largest absolute Gasteiger partial charge is 0.478 e. The number of esters is 1. The van der Waals surface area contributed by atoms with Crippen LogP contribution in [0, 0.1) is 19.8 Å². The zero-order valence-corrected chi connectivity index (χ0v) is 11.8. The second kappa shape index (κ2) is 6.43. The van der Waals surface area contributed by atoms with Gasteiger partial charge in [-0.05, 0) is 43.4 Å². The lowest BCUT2D eigenvalue weighted by molar-refractivity contribution is -0.149. The number of hydrogen-bond acceptors (Lipinski definition) is 3. The Bertz CT molecular complexity index is 410. The van der Waals surface area contributed by atoms with Gasteiger partial charge in [0.05, 0.1) is 7.11 Å². The van der Waals surface area contributed by atoms with E-state index in [1.165, 1.54) is 7.11 Å². The van der Waals surface area contributed by atoms with Gasteiger partial charge in [-0.25, -0.2) is 4.79 Å². The molecule has 1 aromatic rings. The standard InChI is InChI=1S/C15H22O3/c1-10(2)8-14(15(16)17-5)18-13-9-11(3)6-7-12(13)4/h6-7,9-10,14H,8H2,1-5H3/t14-/m0/s1. The van der Waals surface area contributed by atoms with Crippen molar-refractivity contribution in [2.75, 3.05) is 7.11 Å². The van der Waals surface area contributed by atoms with Crippen LogP contribution >= 0.6 is 0 Å². The maximum Gasteiger partial charge on any atom is 0.347 e. The maximum atomic E-state index is 11.7. The minimum atomic E-state index is -0.532. The zero-order valence-electron chi connectivity index (χ0n) is 11.8. The van der Waals surface area contributed by atoms with Crippen molar-refractivity contribution in [2.24, 2.45) is 5.92 Å². The Morgan fingerprint density at radius 2 is 1.94 bits per heavy atom. The second-order valence-corrected chi connectivity index (χ2v) is 5.03. The minimum Gasteiger partial charge on any atom is -0.478 e. The van der Waals surface area contributed by atoms with E-state index in [9.17, 15) is 4.79 Å². The van der Waals surface area contributed by atoms with Gasteiger partial charge >= 0.3 is 5.97 Å². The number of methoxy groups -OCH3 is 1. The van der Waals surface area contributed by atoms with Gasteiger partial charge in [-0.15, -0.1) is 0 Å². The highest BCUT2D eigenvalue weighted by Gasteiger charge is 2.23. The summed E-state index contributed by atoms with van der Waals surface area (Å²) in [6, 6.07) is 5.97. The molecule has 1 aromatic carbocycles. The van der Waals surface area contributed by atoms with Gasteiger partial charge in [-0.3, -0.25) is 0 Å². The molecule has 0 unspecified atom stereocenters. The predicted octanol–water partition coefficient (Wildman–Crippen LogP) is 3.27. The van der Waals surface area contributed by atoms with Crippen LogP contribution < -0.4 is 4.74 Å². The molecule has 18 heavy (non-hydrogen) atoms. The van der Waals surface area contributed by atoms with E-state index in [1.807, 2.05) is 32.0 Å². The number of rotatable bonds is 5. The van der Waals surface area contributed by atoms with E-state index in [0.29, 0.717) is 12.3 Å². The molecule has 3 nitrogen and oxygen atoms in total. The molecule has 1 rings (SSSR count). The molecule has 0 N–H and O–H groups in total. The first-order valence-electron chi connectivity index (χ1n) is 6.25. The first kappa shape index (κ1) is 14.6. The summed E-state index contributed by atoms with van der Waals surface area (Å²) in [7, 11) is 1.39. The maximum absolute atomic E-state index is 11.7. The van der Waals surface area contributed by atoms with Gasteiger partial charge in [-0.2, -0.15) is 0 Å². The summed E-state index contributed by atoms with van der Waals surface area (Å²) in [4.78, 5) is 11.7. The van der Waals surface area contributed by atoms with Crippen LogP contribution in [0.25, 0.3) is 0 Å². The molecule has 0 radical (unpaired) electrons. The molecule has 3 heteroatoms. The summed E-state index contributed by atoms with van der Waals surface area (Å²) < 4.78 is 10.6. The summed E-state index contributed by atoms with van der Waals surface area (Å²) >= 11 is 0. The van der Waals surface area contributed by atoms with Crippen molar-refractivity contribution >= 4 is 5.97 Å². The van der Waals surface area contributed by atoms with Crippen LogP contribution in [-0.2, 0) is 9.53 Å². The third-order valence-electron chi connectivity index (χ3n) is 2.76. The fourth-order valence-electron chi connectivity index (χ4n) is 1.74. The molecule has 0 bridgehead atoms. The average Bonchev–Trinajstić information content (AvgIpc) is 2.31. The summed E-state index contributed by atoms with van der Waals surface area (Å²) in [6.45, 7) is 8.09. The van der Waals surface area contributed by atoms with E-state index >= 15 is 0 Å². The summed E-state index contributed by atoms with van der Waals surface area (Å²) in [5.41, 5.74) is 2.14. The van der Waals surface area contributed by atoms with Crippen molar-refractivity contribution in [1.29, 1.82) is 0 Å². The number of carbonyl (C=O) groups is 1. The predicted molar refractivity (Wildman–Crippen MR) is 71.8 cm³/mol. The third kappa shape index (κ3) is 4.06. The van der Waals surface area contributed by atoms with Gasteiger partial charge in [0.15, 0.2) is 6.10 Å². The molecule has 0 aromatic heterocycles. The third-order valence-corrected chi connectivity index (χ3v) is 2.76. The lowest BCUT2D eigenvalue weighted by Gasteiger charge is -2.20. The number of hydrogen-bond donors (Lipinski definition) is 0. The normalized spacial score (nSPS) is 12.3. The highest BCUT2D eigenvalue weighted by Crippen LogP contribution is 2.22. The van der Waals surface area contributed by atoms with Crippen molar-refractivity contribution < 1.29 is 14.3 Å². The SMILES string of the molecule is COC(=O)[C@H](CC(C)C)Oc1cc(C)ccc1C. The van der Waals surface area contributed by atoms with Crippen LogP contribution in [0.2, 0.25) is 0 Å². The van der Waals surface area contributed by atoms with Gasteiger partial charge in [0.25, 0.3) is 0 Å². The van der Waals surface area contributed by atoms with Crippen LogP contribution in [0.15, 0.2) is 18.2 Å². The lowest BCUT2D eigenvalue weighted by atomic mass is 10.1. The Labute approximate surface area is 109 Å². The minimum absolute atomic E-state index is 0.315. The fourth-order valence-corrected chi connectivity index (χ4v) is 1.74. The number of carbonyl (C=O) groups excluding carboxylic acids is 1. The smallest absolute Gasteiger partial charge is 0.347 e.